The van der Waals surface area contributed by atoms with Crippen molar-refractivity contribution >= 4 is 0 Å². The lowest BCUT2D eigenvalue weighted by molar-refractivity contribution is 0.143. The summed E-state index contributed by atoms with van der Waals surface area (Å²) < 4.78 is 0. The molecule has 0 aromatic rings. The Morgan fingerprint density at radius 1 is 1.38 bits per heavy atom. The number of aliphatic hydroxyl groups excluding tert-OH is 3. The van der Waals surface area contributed by atoms with Crippen LogP contribution in [0.4, 0.5) is 0 Å². The average Bonchev–Trinajstić information content (AvgIpc) is 1.68. The molecule has 49 valence electrons. The second kappa shape index (κ2) is 5.03. The Kier molecular flexibility index (Phi) is 4.95. The average molecular weight is 119 g/mol. The van der Waals surface area contributed by atoms with E-state index in [0.717, 1.165) is 0 Å². The van der Waals surface area contributed by atoms with Crippen LogP contribution in [0.1, 0.15) is 6.42 Å². The van der Waals surface area contributed by atoms with Gasteiger partial charge >= 0.3 is 0 Å². The zero-order valence-corrected chi connectivity index (χ0v) is 4.62. The molecule has 3 N–H and O–H groups in total. The quantitative estimate of drug-likeness (QED) is 0.441. The van der Waals surface area contributed by atoms with Gasteiger partial charge in [-0.15, -0.1) is 0 Å². The standard InChI is InChI=1S/C5H11O3/c6-3-1-5(8)2-4-7/h1,5-8H,2-4H2. The molecule has 0 aliphatic carbocycles. The topological polar surface area (TPSA) is 60.7 Å². The lowest BCUT2D eigenvalue weighted by Gasteiger charge is -2.03. The first-order valence-electron chi connectivity index (χ1n) is 2.54. The Morgan fingerprint density at radius 3 is 2.38 bits per heavy atom. The molecule has 0 heterocycles. The van der Waals surface area contributed by atoms with E-state index >= 15 is 0 Å². The molecule has 0 aromatic carbocycles. The van der Waals surface area contributed by atoms with Gasteiger partial charge in [0.2, 0.25) is 0 Å². The van der Waals surface area contributed by atoms with E-state index in [0.29, 0.717) is 6.42 Å². The summed E-state index contributed by atoms with van der Waals surface area (Å²) in [5.74, 6) is 0. The van der Waals surface area contributed by atoms with E-state index in [9.17, 15) is 0 Å². The molecule has 0 aromatic heterocycles. The van der Waals surface area contributed by atoms with Crippen LogP contribution in [0.25, 0.3) is 0 Å². The minimum atomic E-state index is -0.662. The molecule has 0 saturated heterocycles. The smallest absolute Gasteiger partial charge is 0.0616 e. The van der Waals surface area contributed by atoms with Crippen LogP contribution in [0.5, 0.6) is 0 Å². The summed E-state index contributed by atoms with van der Waals surface area (Å²) >= 11 is 0. The summed E-state index contributed by atoms with van der Waals surface area (Å²) in [7, 11) is 0. The van der Waals surface area contributed by atoms with Gasteiger partial charge in [0, 0.05) is 19.6 Å². The number of aliphatic hydroxyl groups is 3. The van der Waals surface area contributed by atoms with Crippen molar-refractivity contribution in [2.45, 2.75) is 12.5 Å². The largest absolute Gasteiger partial charge is 0.396 e. The minimum absolute atomic E-state index is 0.0440. The summed E-state index contributed by atoms with van der Waals surface area (Å²) in [5, 5.41) is 25.0. The molecule has 8 heavy (non-hydrogen) atoms. The Balaban J connectivity index is 2.92. The van der Waals surface area contributed by atoms with E-state index in [4.69, 9.17) is 15.3 Å². The van der Waals surface area contributed by atoms with E-state index < -0.39 is 6.10 Å². The van der Waals surface area contributed by atoms with E-state index in [2.05, 4.69) is 0 Å². The molecule has 3 heteroatoms. The zero-order chi connectivity index (χ0) is 6.41. The first-order valence-corrected chi connectivity index (χ1v) is 2.54. The van der Waals surface area contributed by atoms with Gasteiger partial charge in [0.25, 0.3) is 0 Å². The van der Waals surface area contributed by atoms with Gasteiger partial charge in [-0.1, -0.05) is 0 Å². The Bertz CT molecular complexity index is 40.9. The van der Waals surface area contributed by atoms with Crippen molar-refractivity contribution in [3.05, 3.63) is 6.42 Å². The van der Waals surface area contributed by atoms with Crippen LogP contribution >= 0.6 is 0 Å². The molecule has 1 atom stereocenters. The molecule has 1 unspecified atom stereocenters. The number of rotatable bonds is 4. The first-order chi connectivity index (χ1) is 3.81. The number of hydrogen-bond acceptors (Lipinski definition) is 3. The van der Waals surface area contributed by atoms with Crippen LogP contribution < -0.4 is 0 Å². The third kappa shape index (κ3) is 4.05. The summed E-state index contributed by atoms with van der Waals surface area (Å²) in [6.07, 6.45) is 0.974. The maximum atomic E-state index is 8.67. The summed E-state index contributed by atoms with van der Waals surface area (Å²) in [5.41, 5.74) is 0. The van der Waals surface area contributed by atoms with Gasteiger partial charge in [0.15, 0.2) is 0 Å². The first kappa shape index (κ1) is 7.88. The van der Waals surface area contributed by atoms with Crippen molar-refractivity contribution in [3.8, 4) is 0 Å². The normalized spacial score (nSPS) is 10.5. The lowest BCUT2D eigenvalue weighted by atomic mass is 10.2. The number of hydrogen-bond donors (Lipinski definition) is 3. The van der Waals surface area contributed by atoms with Gasteiger partial charge in [-0.05, 0) is 6.42 Å². The lowest BCUT2D eigenvalue weighted by Crippen LogP contribution is -2.11. The summed E-state index contributed by atoms with van der Waals surface area (Å²) in [4.78, 5) is 0. The van der Waals surface area contributed by atoms with Crippen LogP contribution in [-0.2, 0) is 0 Å². The molecule has 0 spiro atoms. The molecule has 0 fully saturated rings. The summed E-state index contributed by atoms with van der Waals surface area (Å²) in [6, 6.07) is 0. The highest BCUT2D eigenvalue weighted by Crippen LogP contribution is 1.92. The fourth-order valence-electron chi connectivity index (χ4n) is 0.372. The van der Waals surface area contributed by atoms with Crippen molar-refractivity contribution in [2.24, 2.45) is 0 Å². The van der Waals surface area contributed by atoms with Crippen molar-refractivity contribution in [1.82, 2.24) is 0 Å². The zero-order valence-electron chi connectivity index (χ0n) is 4.62. The highest BCUT2D eigenvalue weighted by atomic mass is 16.3. The van der Waals surface area contributed by atoms with Crippen molar-refractivity contribution in [1.29, 1.82) is 0 Å². The second-order valence-electron chi connectivity index (χ2n) is 1.50. The second-order valence-corrected chi connectivity index (χ2v) is 1.50. The highest BCUT2D eigenvalue weighted by molar-refractivity contribution is 4.72. The molecule has 0 aliphatic heterocycles. The van der Waals surface area contributed by atoms with Gasteiger partial charge < -0.3 is 15.3 Å². The molecule has 0 rings (SSSR count). The molecular weight excluding hydrogens is 108 g/mol. The minimum Gasteiger partial charge on any atom is -0.396 e. The predicted octanol–water partition coefficient (Wildman–Crippen LogP) is -1.07. The summed E-state index contributed by atoms with van der Waals surface area (Å²) in [6.45, 7) is -0.182. The van der Waals surface area contributed by atoms with E-state index in [1.165, 1.54) is 6.42 Å². The maximum Gasteiger partial charge on any atom is 0.0616 e. The van der Waals surface area contributed by atoms with Crippen molar-refractivity contribution in [2.75, 3.05) is 13.2 Å². The molecule has 0 bridgehead atoms. The third-order valence-electron chi connectivity index (χ3n) is 0.802. The van der Waals surface area contributed by atoms with Gasteiger partial charge in [-0.2, -0.15) is 0 Å². The molecule has 0 amide bonds. The predicted molar refractivity (Wildman–Crippen MR) is 29.1 cm³/mol. The van der Waals surface area contributed by atoms with Gasteiger partial charge in [0.1, 0.15) is 0 Å². The molecule has 3 nitrogen and oxygen atoms in total. The van der Waals surface area contributed by atoms with Crippen LogP contribution in [0.15, 0.2) is 0 Å². The SMILES string of the molecule is OC[CH]C(O)CCO. The van der Waals surface area contributed by atoms with Gasteiger partial charge in [0.05, 0.1) is 6.10 Å². The van der Waals surface area contributed by atoms with Gasteiger partial charge in [-0.3, -0.25) is 0 Å². The maximum absolute atomic E-state index is 8.67. The fraction of sp³-hybridized carbons (Fsp3) is 0.800. The third-order valence-corrected chi connectivity index (χ3v) is 0.802. The Hall–Kier alpha value is -0.120. The van der Waals surface area contributed by atoms with Crippen molar-refractivity contribution < 1.29 is 15.3 Å². The van der Waals surface area contributed by atoms with E-state index in [1.54, 1.807) is 0 Å². The van der Waals surface area contributed by atoms with Crippen molar-refractivity contribution in [3.63, 3.8) is 0 Å². The molecule has 0 aliphatic rings. The molecular formula is C5H11O3. The molecule has 1 radical (unpaired) electrons. The Morgan fingerprint density at radius 2 is 2.00 bits per heavy atom. The Labute approximate surface area is 48.6 Å². The van der Waals surface area contributed by atoms with Crippen LogP contribution in [0, 0.1) is 6.42 Å². The van der Waals surface area contributed by atoms with Crippen LogP contribution in [0.2, 0.25) is 0 Å². The highest BCUT2D eigenvalue weighted by Gasteiger charge is 1.99. The van der Waals surface area contributed by atoms with Gasteiger partial charge in [-0.25, -0.2) is 0 Å². The molecule has 0 saturated carbocycles. The van der Waals surface area contributed by atoms with Crippen LogP contribution in [0.3, 0.4) is 0 Å². The fourth-order valence-corrected chi connectivity index (χ4v) is 0.372. The monoisotopic (exact) mass is 119 g/mol. The van der Waals surface area contributed by atoms with E-state index in [-0.39, 0.29) is 13.2 Å². The van der Waals surface area contributed by atoms with Crippen LogP contribution in [-0.4, -0.2) is 34.6 Å². The van der Waals surface area contributed by atoms with E-state index in [1.807, 2.05) is 0 Å².